The van der Waals surface area contributed by atoms with E-state index in [1.807, 2.05) is 57.2 Å². The molecule has 4 nitrogen and oxygen atoms in total. The minimum Gasteiger partial charge on any atom is -0.489 e. The van der Waals surface area contributed by atoms with Gasteiger partial charge in [-0.15, -0.1) is 0 Å². The van der Waals surface area contributed by atoms with Gasteiger partial charge in [-0.05, 0) is 74.7 Å². The van der Waals surface area contributed by atoms with E-state index in [0.29, 0.717) is 12.4 Å². The molecule has 4 heteroatoms. The Labute approximate surface area is 155 Å². The molecule has 2 rings (SSSR count). The highest BCUT2D eigenvalue weighted by atomic mass is 16.5. The maximum Gasteiger partial charge on any atom is 0.331 e. The van der Waals surface area contributed by atoms with Crippen LogP contribution in [-0.4, -0.2) is 18.7 Å². The van der Waals surface area contributed by atoms with Gasteiger partial charge in [-0.1, -0.05) is 19.1 Å². The van der Waals surface area contributed by atoms with Gasteiger partial charge in [0.05, 0.1) is 6.10 Å². The lowest BCUT2D eigenvalue weighted by molar-refractivity contribution is -0.141. The van der Waals surface area contributed by atoms with Crippen molar-refractivity contribution in [1.29, 1.82) is 0 Å². The Kier molecular flexibility index (Phi) is 7.27. The maximum absolute atomic E-state index is 11.6. The van der Waals surface area contributed by atoms with Crippen molar-refractivity contribution in [3.05, 3.63) is 65.7 Å². The van der Waals surface area contributed by atoms with E-state index in [1.54, 1.807) is 0 Å². The van der Waals surface area contributed by atoms with E-state index in [0.717, 1.165) is 23.5 Å². The first-order valence-electron chi connectivity index (χ1n) is 8.83. The van der Waals surface area contributed by atoms with Crippen molar-refractivity contribution in [1.82, 2.24) is 0 Å². The van der Waals surface area contributed by atoms with Crippen LogP contribution in [0.15, 0.2) is 60.2 Å². The number of benzene rings is 2. The van der Waals surface area contributed by atoms with Crippen LogP contribution in [0.4, 0.5) is 0 Å². The molecule has 0 aromatic heterocycles. The molecule has 0 N–H and O–H groups in total. The molecule has 0 spiro atoms. The summed E-state index contributed by atoms with van der Waals surface area (Å²) in [5, 5.41) is 0. The fourth-order valence-electron chi connectivity index (χ4n) is 2.24. The maximum atomic E-state index is 11.6. The lowest BCUT2D eigenvalue weighted by atomic mass is 10.2. The van der Waals surface area contributed by atoms with Crippen molar-refractivity contribution in [2.24, 2.45) is 0 Å². The predicted octanol–water partition coefficient (Wildman–Crippen LogP) is 5.32. The third-order valence-corrected chi connectivity index (χ3v) is 3.57. The summed E-state index contributed by atoms with van der Waals surface area (Å²) in [5.74, 6) is 1.91. The van der Waals surface area contributed by atoms with Gasteiger partial charge < -0.3 is 14.2 Å². The topological polar surface area (TPSA) is 44.8 Å². The number of aryl methyl sites for hydroxylation is 1. The molecule has 0 bridgehead atoms. The molecule has 2 aromatic rings. The van der Waals surface area contributed by atoms with E-state index in [-0.39, 0.29) is 12.1 Å². The van der Waals surface area contributed by atoms with Crippen LogP contribution in [-0.2, 0) is 16.0 Å². The summed E-state index contributed by atoms with van der Waals surface area (Å²) in [6, 6.07) is 15.5. The molecule has 0 aliphatic heterocycles. The molecular formula is C22H26O4. The van der Waals surface area contributed by atoms with Gasteiger partial charge in [-0.3, -0.25) is 0 Å². The van der Waals surface area contributed by atoms with Gasteiger partial charge in [0.25, 0.3) is 0 Å². The van der Waals surface area contributed by atoms with Gasteiger partial charge in [0.2, 0.25) is 0 Å². The van der Waals surface area contributed by atoms with Crippen LogP contribution < -0.4 is 9.47 Å². The van der Waals surface area contributed by atoms with E-state index >= 15 is 0 Å². The molecule has 0 amide bonds. The summed E-state index contributed by atoms with van der Waals surface area (Å²) in [7, 11) is 0. The van der Waals surface area contributed by atoms with Crippen LogP contribution in [0.1, 0.15) is 33.3 Å². The smallest absolute Gasteiger partial charge is 0.331 e. The van der Waals surface area contributed by atoms with E-state index < -0.39 is 0 Å². The van der Waals surface area contributed by atoms with E-state index in [9.17, 15) is 4.79 Å². The second-order valence-corrected chi connectivity index (χ2v) is 6.34. The van der Waals surface area contributed by atoms with Crippen LogP contribution in [0, 0.1) is 0 Å². The largest absolute Gasteiger partial charge is 0.489 e. The molecule has 0 unspecified atom stereocenters. The number of esters is 1. The molecule has 0 heterocycles. The van der Waals surface area contributed by atoms with Crippen molar-refractivity contribution in [3.63, 3.8) is 0 Å². The van der Waals surface area contributed by atoms with E-state index in [4.69, 9.17) is 14.2 Å². The van der Waals surface area contributed by atoms with Crippen molar-refractivity contribution in [2.75, 3.05) is 6.61 Å². The van der Waals surface area contributed by atoms with Gasteiger partial charge in [0.1, 0.15) is 23.9 Å². The summed E-state index contributed by atoms with van der Waals surface area (Å²) in [5.41, 5.74) is 2.08. The van der Waals surface area contributed by atoms with Crippen molar-refractivity contribution >= 4 is 5.97 Å². The van der Waals surface area contributed by atoms with Crippen LogP contribution in [0.3, 0.4) is 0 Å². The first kappa shape index (κ1) is 19.6. The zero-order chi connectivity index (χ0) is 18.9. The number of hydrogen-bond acceptors (Lipinski definition) is 4. The summed E-state index contributed by atoms with van der Waals surface area (Å²) >= 11 is 0. The second kappa shape index (κ2) is 9.66. The molecule has 0 aliphatic carbocycles. The normalized spacial score (nSPS) is 11.3. The first-order chi connectivity index (χ1) is 12.5. The molecule has 0 saturated heterocycles. The number of carbonyl (C=O) groups excluding carboxylic acids is 1. The SMILES string of the molecule is CCc1ccc(Oc2ccc(OCC(C)=CC(=O)OC(C)C)cc2)cc1. The average molecular weight is 354 g/mol. The Balaban J connectivity index is 1.86. The first-order valence-corrected chi connectivity index (χ1v) is 8.83. The Morgan fingerprint density at radius 1 is 0.962 bits per heavy atom. The second-order valence-electron chi connectivity index (χ2n) is 6.34. The Bertz CT molecular complexity index is 728. The highest BCUT2D eigenvalue weighted by Crippen LogP contribution is 2.24. The predicted molar refractivity (Wildman–Crippen MR) is 103 cm³/mol. The van der Waals surface area contributed by atoms with Gasteiger partial charge in [0.15, 0.2) is 0 Å². The molecule has 26 heavy (non-hydrogen) atoms. The number of carbonyl (C=O) groups is 1. The lowest BCUT2D eigenvalue weighted by Crippen LogP contribution is -2.10. The van der Waals surface area contributed by atoms with Crippen molar-refractivity contribution in [3.8, 4) is 17.2 Å². The molecule has 0 atom stereocenters. The average Bonchev–Trinajstić information content (AvgIpc) is 2.61. The number of rotatable bonds is 8. The van der Waals surface area contributed by atoms with Gasteiger partial charge >= 0.3 is 5.97 Å². The minimum absolute atomic E-state index is 0.127. The van der Waals surface area contributed by atoms with Gasteiger partial charge in [-0.25, -0.2) is 4.79 Å². The standard InChI is InChI=1S/C22H26O4/c1-5-18-6-8-20(9-7-18)26-21-12-10-19(11-13-21)24-15-17(4)14-22(23)25-16(2)3/h6-14,16H,5,15H2,1-4H3. The quantitative estimate of drug-likeness (QED) is 0.475. The van der Waals surface area contributed by atoms with Gasteiger partial charge in [-0.2, -0.15) is 0 Å². The molecule has 138 valence electrons. The van der Waals surface area contributed by atoms with E-state index in [1.165, 1.54) is 11.6 Å². The zero-order valence-electron chi connectivity index (χ0n) is 15.8. The highest BCUT2D eigenvalue weighted by Gasteiger charge is 2.04. The van der Waals surface area contributed by atoms with E-state index in [2.05, 4.69) is 19.1 Å². The third-order valence-electron chi connectivity index (χ3n) is 3.57. The Morgan fingerprint density at radius 3 is 2.04 bits per heavy atom. The van der Waals surface area contributed by atoms with Gasteiger partial charge in [0, 0.05) is 6.08 Å². The Morgan fingerprint density at radius 2 is 1.50 bits per heavy atom. The number of hydrogen-bond donors (Lipinski definition) is 0. The van der Waals surface area contributed by atoms with Crippen molar-refractivity contribution in [2.45, 2.75) is 40.2 Å². The van der Waals surface area contributed by atoms with Crippen LogP contribution in [0.5, 0.6) is 17.2 Å². The molecule has 0 fully saturated rings. The van der Waals surface area contributed by atoms with Crippen LogP contribution >= 0.6 is 0 Å². The summed E-state index contributed by atoms with van der Waals surface area (Å²) < 4.78 is 16.6. The lowest BCUT2D eigenvalue weighted by Gasteiger charge is -2.10. The monoisotopic (exact) mass is 354 g/mol. The summed E-state index contributed by atoms with van der Waals surface area (Å²) in [6.07, 6.45) is 2.34. The highest BCUT2D eigenvalue weighted by molar-refractivity contribution is 5.82. The molecule has 0 radical (unpaired) electrons. The fraction of sp³-hybridized carbons (Fsp3) is 0.318. The fourth-order valence-corrected chi connectivity index (χ4v) is 2.24. The molecule has 0 saturated carbocycles. The molecule has 2 aromatic carbocycles. The zero-order valence-corrected chi connectivity index (χ0v) is 15.8. The Hall–Kier alpha value is -2.75. The third kappa shape index (κ3) is 6.63. The molecular weight excluding hydrogens is 328 g/mol. The summed E-state index contributed by atoms with van der Waals surface area (Å²) in [4.78, 5) is 11.6. The van der Waals surface area contributed by atoms with Crippen LogP contribution in [0.2, 0.25) is 0 Å². The minimum atomic E-state index is -0.348. The van der Waals surface area contributed by atoms with Crippen molar-refractivity contribution < 1.29 is 19.0 Å². The summed E-state index contributed by atoms with van der Waals surface area (Å²) in [6.45, 7) is 7.92. The molecule has 0 aliphatic rings. The number of ether oxygens (including phenoxy) is 3. The van der Waals surface area contributed by atoms with Crippen LogP contribution in [0.25, 0.3) is 0 Å².